The Hall–Kier alpha value is -3.67. The number of aromatic nitrogens is 6. The molecule has 0 saturated carbocycles. The van der Waals surface area contributed by atoms with Gasteiger partial charge in [0.1, 0.15) is 21.5 Å². The maximum Gasteiger partial charge on any atom is 0.240 e. The molecule has 12 heteroatoms. The molecular formula is C27H28F2N6O3S. The molecule has 0 unspecified atom stereocenters. The summed E-state index contributed by atoms with van der Waals surface area (Å²) < 4.78 is 57.3. The van der Waals surface area contributed by atoms with Crippen LogP contribution in [0.4, 0.5) is 8.78 Å². The van der Waals surface area contributed by atoms with Gasteiger partial charge in [0.25, 0.3) is 0 Å². The predicted octanol–water partition coefficient (Wildman–Crippen LogP) is 4.83. The summed E-state index contributed by atoms with van der Waals surface area (Å²) >= 11 is 0. The van der Waals surface area contributed by atoms with Gasteiger partial charge >= 0.3 is 0 Å². The number of sulfone groups is 1. The number of rotatable bonds is 8. The smallest absolute Gasteiger partial charge is 0.240 e. The van der Waals surface area contributed by atoms with Crippen molar-refractivity contribution in [3.05, 3.63) is 71.0 Å². The molecular weight excluding hydrogens is 526 g/mol. The minimum Gasteiger partial charge on any atom is -0.339 e. The summed E-state index contributed by atoms with van der Waals surface area (Å²) in [5.41, 5.74) is 1.69. The van der Waals surface area contributed by atoms with Gasteiger partial charge in [-0.2, -0.15) is 10.1 Å². The molecule has 0 spiro atoms. The minimum absolute atomic E-state index is 0.0940. The molecule has 204 valence electrons. The van der Waals surface area contributed by atoms with Gasteiger partial charge < -0.3 is 4.52 Å². The molecule has 1 aromatic carbocycles. The molecule has 9 nitrogen and oxygen atoms in total. The monoisotopic (exact) mass is 554 g/mol. The van der Waals surface area contributed by atoms with Crippen molar-refractivity contribution in [1.29, 1.82) is 0 Å². The molecule has 3 heterocycles. The zero-order chi connectivity index (χ0) is 27.8. The maximum absolute atomic E-state index is 14.6. The van der Waals surface area contributed by atoms with E-state index < -0.39 is 26.9 Å². The van der Waals surface area contributed by atoms with Gasteiger partial charge in [-0.3, -0.25) is 0 Å². The van der Waals surface area contributed by atoms with Crippen LogP contribution >= 0.6 is 0 Å². The van der Waals surface area contributed by atoms with Gasteiger partial charge in [-0.15, -0.1) is 5.10 Å². The molecule has 0 aliphatic heterocycles. The SMILES string of the molecule is CC[C@H]1CC[C@](CC)(c2ccnc(-c3noc(CCS(C)(=O)=O)n3)n2)c2nnc(-c3c(F)cccc3F)cc21. The third-order valence-corrected chi connectivity index (χ3v) is 8.40. The van der Waals surface area contributed by atoms with Crippen molar-refractivity contribution >= 4 is 9.84 Å². The Morgan fingerprint density at radius 2 is 1.85 bits per heavy atom. The van der Waals surface area contributed by atoms with E-state index in [0.717, 1.165) is 36.8 Å². The standard InChI is InChI=1S/C27H28F2N6O3S/c1-4-16-9-12-27(5-2,24-17(16)15-20(33-34-24)23-18(28)7-6-8-19(23)29)21-10-13-30-25(31-21)26-32-22(38-35-26)11-14-39(3,36)37/h6-8,10,13,15-16H,4-5,9,11-12,14H2,1-3H3/t16-,27+/m0/s1. The summed E-state index contributed by atoms with van der Waals surface area (Å²) in [6.45, 7) is 4.12. The Balaban J connectivity index is 1.56. The first-order valence-corrected chi connectivity index (χ1v) is 14.9. The van der Waals surface area contributed by atoms with E-state index in [0.29, 0.717) is 12.1 Å². The second-order valence-corrected chi connectivity index (χ2v) is 12.1. The molecule has 0 N–H and O–H groups in total. The first-order chi connectivity index (χ1) is 18.6. The van der Waals surface area contributed by atoms with Crippen LogP contribution in [0.25, 0.3) is 22.9 Å². The molecule has 39 heavy (non-hydrogen) atoms. The molecule has 3 aromatic heterocycles. The highest BCUT2D eigenvalue weighted by molar-refractivity contribution is 7.90. The Morgan fingerprint density at radius 1 is 1.08 bits per heavy atom. The normalized spacial score (nSPS) is 19.2. The van der Waals surface area contributed by atoms with Gasteiger partial charge in [-0.05, 0) is 61.4 Å². The van der Waals surface area contributed by atoms with E-state index in [-0.39, 0.29) is 46.9 Å². The van der Waals surface area contributed by atoms with E-state index in [2.05, 4.69) is 32.2 Å². The summed E-state index contributed by atoms with van der Waals surface area (Å²) in [7, 11) is -3.18. The molecule has 4 aromatic rings. The molecule has 5 rings (SSSR count). The van der Waals surface area contributed by atoms with Crippen LogP contribution in [0.5, 0.6) is 0 Å². The third kappa shape index (κ3) is 5.17. The first-order valence-electron chi connectivity index (χ1n) is 12.8. The fourth-order valence-corrected chi connectivity index (χ4v) is 5.85. The topological polar surface area (TPSA) is 125 Å². The molecule has 0 saturated heterocycles. The predicted molar refractivity (Wildman–Crippen MR) is 139 cm³/mol. The van der Waals surface area contributed by atoms with E-state index in [1.165, 1.54) is 18.2 Å². The summed E-state index contributed by atoms with van der Waals surface area (Å²) in [5.74, 6) is -0.752. The van der Waals surface area contributed by atoms with E-state index in [1.807, 2.05) is 13.0 Å². The number of nitrogens with zero attached hydrogens (tertiary/aromatic N) is 6. The van der Waals surface area contributed by atoms with Crippen molar-refractivity contribution in [2.45, 2.75) is 57.3 Å². The average Bonchev–Trinajstić information content (AvgIpc) is 3.40. The van der Waals surface area contributed by atoms with Crippen molar-refractivity contribution in [2.75, 3.05) is 12.0 Å². The van der Waals surface area contributed by atoms with Crippen LogP contribution in [0.2, 0.25) is 0 Å². The van der Waals surface area contributed by atoms with Gasteiger partial charge in [0.2, 0.25) is 17.5 Å². The zero-order valence-corrected chi connectivity index (χ0v) is 22.7. The quantitative estimate of drug-likeness (QED) is 0.301. The zero-order valence-electron chi connectivity index (χ0n) is 21.9. The van der Waals surface area contributed by atoms with Crippen molar-refractivity contribution in [3.63, 3.8) is 0 Å². The second kappa shape index (κ2) is 10.5. The van der Waals surface area contributed by atoms with Crippen molar-refractivity contribution in [3.8, 4) is 22.9 Å². The van der Waals surface area contributed by atoms with E-state index in [4.69, 9.17) is 9.51 Å². The summed E-state index contributed by atoms with van der Waals surface area (Å²) in [6, 6.07) is 7.32. The van der Waals surface area contributed by atoms with Crippen LogP contribution < -0.4 is 0 Å². The lowest BCUT2D eigenvalue weighted by atomic mass is 9.65. The number of fused-ring (bicyclic) bond motifs is 1. The highest BCUT2D eigenvalue weighted by atomic mass is 32.2. The van der Waals surface area contributed by atoms with E-state index in [1.54, 1.807) is 12.3 Å². The second-order valence-electron chi connectivity index (χ2n) is 9.87. The Labute approximate surface area is 225 Å². The van der Waals surface area contributed by atoms with Crippen LogP contribution in [0, 0.1) is 11.6 Å². The summed E-state index contributed by atoms with van der Waals surface area (Å²) in [4.78, 5) is 13.4. The van der Waals surface area contributed by atoms with Crippen LogP contribution in [-0.4, -0.2) is 50.7 Å². The van der Waals surface area contributed by atoms with Crippen LogP contribution in [-0.2, 0) is 21.7 Å². The average molecular weight is 555 g/mol. The summed E-state index contributed by atoms with van der Waals surface area (Å²) in [6.07, 6.45) is 5.93. The molecule has 0 bridgehead atoms. The number of benzene rings is 1. The lowest BCUT2D eigenvalue weighted by Crippen LogP contribution is -2.36. The molecule has 2 atom stereocenters. The number of halogens is 2. The molecule has 1 aliphatic rings. The third-order valence-electron chi connectivity index (χ3n) is 7.45. The molecule has 0 radical (unpaired) electrons. The van der Waals surface area contributed by atoms with Gasteiger partial charge in [0.05, 0.1) is 33.8 Å². The van der Waals surface area contributed by atoms with Gasteiger partial charge in [0.15, 0.2) is 0 Å². The minimum atomic E-state index is -3.18. The number of hydrogen-bond donors (Lipinski definition) is 0. The van der Waals surface area contributed by atoms with Crippen molar-refractivity contribution in [1.82, 2.24) is 30.3 Å². The lowest BCUT2D eigenvalue weighted by Gasteiger charge is -2.39. The fourth-order valence-electron chi connectivity index (χ4n) is 5.30. The Bertz CT molecular complexity index is 1610. The fraction of sp³-hybridized carbons (Fsp3) is 0.407. The van der Waals surface area contributed by atoms with Crippen molar-refractivity contribution in [2.24, 2.45) is 0 Å². The van der Waals surface area contributed by atoms with Gasteiger partial charge in [-0.1, -0.05) is 25.1 Å². The van der Waals surface area contributed by atoms with Gasteiger partial charge in [0, 0.05) is 18.9 Å². The molecule has 0 fully saturated rings. The van der Waals surface area contributed by atoms with Crippen LogP contribution in [0.15, 0.2) is 41.1 Å². The largest absolute Gasteiger partial charge is 0.339 e. The number of hydrogen-bond acceptors (Lipinski definition) is 9. The van der Waals surface area contributed by atoms with Crippen LogP contribution in [0.3, 0.4) is 0 Å². The Morgan fingerprint density at radius 3 is 2.54 bits per heavy atom. The highest BCUT2D eigenvalue weighted by Crippen LogP contribution is 2.49. The lowest BCUT2D eigenvalue weighted by molar-refractivity contribution is 0.353. The van der Waals surface area contributed by atoms with Crippen LogP contribution in [0.1, 0.15) is 68.3 Å². The maximum atomic E-state index is 14.6. The van der Waals surface area contributed by atoms with E-state index in [9.17, 15) is 17.2 Å². The molecule has 0 amide bonds. The Kier molecular flexibility index (Phi) is 7.23. The number of aryl methyl sites for hydroxylation is 1. The summed E-state index contributed by atoms with van der Waals surface area (Å²) in [5, 5.41) is 12.8. The molecule has 1 aliphatic carbocycles. The first kappa shape index (κ1) is 26.9. The van der Waals surface area contributed by atoms with E-state index >= 15 is 0 Å². The highest BCUT2D eigenvalue weighted by Gasteiger charge is 2.43. The van der Waals surface area contributed by atoms with Crippen molar-refractivity contribution < 1.29 is 21.7 Å². The van der Waals surface area contributed by atoms with Gasteiger partial charge in [-0.25, -0.2) is 27.2 Å².